The Kier molecular flexibility index (Phi) is 3.86. The highest BCUT2D eigenvalue weighted by molar-refractivity contribution is 5.89. The van der Waals surface area contributed by atoms with Gasteiger partial charge in [-0.2, -0.15) is 0 Å². The predicted molar refractivity (Wildman–Crippen MR) is 92.5 cm³/mol. The zero-order chi connectivity index (χ0) is 16.7. The van der Waals surface area contributed by atoms with Gasteiger partial charge in [0.25, 0.3) is 0 Å². The molecule has 2 amide bonds. The van der Waals surface area contributed by atoms with Crippen LogP contribution in [0.25, 0.3) is 0 Å². The van der Waals surface area contributed by atoms with E-state index in [0.29, 0.717) is 31.0 Å². The van der Waals surface area contributed by atoms with Crippen molar-refractivity contribution in [2.45, 2.75) is 50.5 Å². The second-order valence-electron chi connectivity index (χ2n) is 7.74. The quantitative estimate of drug-likeness (QED) is 0.838. The molecule has 2 heterocycles. The number of carbonyl (C=O) groups is 2. The van der Waals surface area contributed by atoms with Crippen molar-refractivity contribution in [3.63, 3.8) is 0 Å². The van der Waals surface area contributed by atoms with Crippen LogP contribution < -0.4 is 0 Å². The molecule has 2 saturated heterocycles. The van der Waals surface area contributed by atoms with Crippen LogP contribution in [0.4, 0.5) is 0 Å². The maximum absolute atomic E-state index is 13.6. The van der Waals surface area contributed by atoms with Crippen molar-refractivity contribution in [3.05, 3.63) is 35.9 Å². The van der Waals surface area contributed by atoms with Crippen LogP contribution in [0.2, 0.25) is 0 Å². The van der Waals surface area contributed by atoms with E-state index in [0.717, 1.165) is 24.9 Å². The molecule has 0 aromatic heterocycles. The SMILES string of the molecule is CC(=O)N1CCC(C(=O)N2CC3CCC2C3)(c2ccccc2)CC1. The average molecular weight is 326 g/mol. The van der Waals surface area contributed by atoms with Gasteiger partial charge in [-0.05, 0) is 43.6 Å². The topological polar surface area (TPSA) is 40.6 Å². The van der Waals surface area contributed by atoms with Gasteiger partial charge in [0.1, 0.15) is 0 Å². The highest BCUT2D eigenvalue weighted by Gasteiger charge is 2.50. The van der Waals surface area contributed by atoms with Gasteiger partial charge in [0.15, 0.2) is 0 Å². The van der Waals surface area contributed by atoms with E-state index in [-0.39, 0.29) is 5.91 Å². The third kappa shape index (κ3) is 2.43. The average Bonchev–Trinajstić information content (AvgIpc) is 3.25. The zero-order valence-electron chi connectivity index (χ0n) is 14.4. The maximum Gasteiger partial charge on any atom is 0.233 e. The van der Waals surface area contributed by atoms with E-state index in [9.17, 15) is 9.59 Å². The van der Waals surface area contributed by atoms with Gasteiger partial charge in [0, 0.05) is 32.6 Å². The smallest absolute Gasteiger partial charge is 0.233 e. The maximum atomic E-state index is 13.6. The van der Waals surface area contributed by atoms with Crippen molar-refractivity contribution in [1.29, 1.82) is 0 Å². The molecule has 4 nitrogen and oxygen atoms in total. The molecule has 2 aliphatic heterocycles. The van der Waals surface area contributed by atoms with Crippen molar-refractivity contribution >= 4 is 11.8 Å². The second kappa shape index (κ2) is 5.91. The molecule has 2 atom stereocenters. The Bertz CT molecular complexity index is 634. The molecule has 3 aliphatic rings. The summed E-state index contributed by atoms with van der Waals surface area (Å²) in [5.74, 6) is 1.14. The van der Waals surface area contributed by atoms with E-state index in [4.69, 9.17) is 0 Å². The lowest BCUT2D eigenvalue weighted by Gasteiger charge is -2.44. The predicted octanol–water partition coefficient (Wildman–Crippen LogP) is 2.58. The lowest BCUT2D eigenvalue weighted by atomic mass is 9.71. The van der Waals surface area contributed by atoms with Crippen LogP contribution in [0.5, 0.6) is 0 Å². The van der Waals surface area contributed by atoms with E-state index >= 15 is 0 Å². The second-order valence-corrected chi connectivity index (χ2v) is 7.74. The molecule has 3 fully saturated rings. The fraction of sp³-hybridized carbons (Fsp3) is 0.600. The summed E-state index contributed by atoms with van der Waals surface area (Å²) in [4.78, 5) is 29.4. The van der Waals surface area contributed by atoms with Crippen molar-refractivity contribution < 1.29 is 9.59 Å². The molecule has 2 unspecified atom stereocenters. The number of fused-ring (bicyclic) bond motifs is 2. The largest absolute Gasteiger partial charge is 0.343 e. The number of nitrogens with zero attached hydrogens (tertiary/aromatic N) is 2. The summed E-state index contributed by atoms with van der Waals surface area (Å²) in [6.45, 7) is 3.92. The van der Waals surface area contributed by atoms with Gasteiger partial charge in [-0.25, -0.2) is 0 Å². The molecule has 4 rings (SSSR count). The summed E-state index contributed by atoms with van der Waals surface area (Å²) in [6, 6.07) is 10.7. The van der Waals surface area contributed by atoms with Gasteiger partial charge in [0.2, 0.25) is 11.8 Å². The zero-order valence-corrected chi connectivity index (χ0v) is 14.4. The number of hydrogen-bond acceptors (Lipinski definition) is 2. The van der Waals surface area contributed by atoms with Gasteiger partial charge in [0.05, 0.1) is 5.41 Å². The Balaban J connectivity index is 1.64. The highest BCUT2D eigenvalue weighted by atomic mass is 16.2. The molecule has 24 heavy (non-hydrogen) atoms. The first-order valence-corrected chi connectivity index (χ1v) is 9.22. The van der Waals surface area contributed by atoms with E-state index in [1.807, 2.05) is 23.1 Å². The van der Waals surface area contributed by atoms with Crippen LogP contribution in [0.15, 0.2) is 30.3 Å². The fourth-order valence-electron chi connectivity index (χ4n) is 5.03. The standard InChI is InChI=1S/C20H26N2O2/c1-15(23)21-11-9-20(10-12-21,17-5-3-2-4-6-17)19(24)22-14-16-7-8-18(22)13-16/h2-6,16,18H,7-14H2,1H3. The number of likely N-dealkylation sites (tertiary alicyclic amines) is 2. The van der Waals surface area contributed by atoms with Crippen molar-refractivity contribution in [3.8, 4) is 0 Å². The van der Waals surface area contributed by atoms with Crippen LogP contribution in [-0.2, 0) is 15.0 Å². The Labute approximate surface area is 143 Å². The number of amides is 2. The number of benzene rings is 1. The number of carbonyl (C=O) groups excluding carboxylic acids is 2. The lowest BCUT2D eigenvalue weighted by molar-refractivity contribution is -0.143. The molecule has 0 radical (unpaired) electrons. The minimum atomic E-state index is -0.447. The van der Waals surface area contributed by atoms with Crippen molar-refractivity contribution in [2.75, 3.05) is 19.6 Å². The van der Waals surface area contributed by atoms with Gasteiger partial charge in [-0.1, -0.05) is 30.3 Å². The molecule has 4 heteroatoms. The first-order valence-electron chi connectivity index (χ1n) is 9.22. The number of piperidine rings is 2. The third-order valence-corrected chi connectivity index (χ3v) is 6.47. The fourth-order valence-corrected chi connectivity index (χ4v) is 5.03. The summed E-state index contributed by atoms with van der Waals surface area (Å²) >= 11 is 0. The monoisotopic (exact) mass is 326 g/mol. The number of rotatable bonds is 2. The van der Waals surface area contributed by atoms with E-state index in [1.54, 1.807) is 6.92 Å². The molecule has 1 saturated carbocycles. The molecule has 1 aliphatic carbocycles. The van der Waals surface area contributed by atoms with Gasteiger partial charge in [-0.3, -0.25) is 9.59 Å². The Morgan fingerprint density at radius 1 is 1.08 bits per heavy atom. The van der Waals surface area contributed by atoms with Crippen molar-refractivity contribution in [1.82, 2.24) is 9.80 Å². The lowest BCUT2D eigenvalue weighted by Crippen LogP contribution is -2.55. The summed E-state index contributed by atoms with van der Waals surface area (Å²) in [5.41, 5.74) is 0.679. The highest BCUT2D eigenvalue weighted by Crippen LogP contribution is 2.43. The summed E-state index contributed by atoms with van der Waals surface area (Å²) in [6.07, 6.45) is 5.12. The Morgan fingerprint density at radius 2 is 1.79 bits per heavy atom. The van der Waals surface area contributed by atoms with Crippen molar-refractivity contribution in [2.24, 2.45) is 5.92 Å². The first-order chi connectivity index (χ1) is 11.6. The molecule has 0 spiro atoms. The van der Waals surface area contributed by atoms with E-state index in [2.05, 4.69) is 17.0 Å². The Morgan fingerprint density at radius 3 is 2.33 bits per heavy atom. The summed E-state index contributed by atoms with van der Waals surface area (Å²) in [5, 5.41) is 0. The molecule has 2 bridgehead atoms. The minimum Gasteiger partial charge on any atom is -0.343 e. The first kappa shape index (κ1) is 15.7. The van der Waals surface area contributed by atoms with Crippen LogP contribution in [0.1, 0.15) is 44.6 Å². The van der Waals surface area contributed by atoms with Crippen LogP contribution in [-0.4, -0.2) is 47.3 Å². The molecular formula is C20H26N2O2. The third-order valence-electron chi connectivity index (χ3n) is 6.47. The molecular weight excluding hydrogens is 300 g/mol. The minimum absolute atomic E-state index is 0.115. The molecule has 1 aromatic carbocycles. The summed E-state index contributed by atoms with van der Waals surface area (Å²) in [7, 11) is 0. The molecule has 128 valence electrons. The normalized spacial score (nSPS) is 28.2. The molecule has 0 N–H and O–H groups in total. The van der Waals surface area contributed by atoms with Crippen LogP contribution in [0.3, 0.4) is 0 Å². The van der Waals surface area contributed by atoms with Gasteiger partial charge in [-0.15, -0.1) is 0 Å². The van der Waals surface area contributed by atoms with E-state index in [1.165, 1.54) is 19.3 Å². The van der Waals surface area contributed by atoms with Gasteiger partial charge < -0.3 is 9.80 Å². The van der Waals surface area contributed by atoms with Crippen LogP contribution >= 0.6 is 0 Å². The molecule has 1 aromatic rings. The Hall–Kier alpha value is -1.84. The number of hydrogen-bond donors (Lipinski definition) is 0. The van der Waals surface area contributed by atoms with Crippen LogP contribution in [0, 0.1) is 5.92 Å². The van der Waals surface area contributed by atoms with E-state index < -0.39 is 5.41 Å². The summed E-state index contributed by atoms with van der Waals surface area (Å²) < 4.78 is 0. The van der Waals surface area contributed by atoms with Gasteiger partial charge >= 0.3 is 0 Å².